The fraction of sp³-hybridized carbons (Fsp3) is 0.500. The van der Waals surface area contributed by atoms with Gasteiger partial charge >= 0.3 is 5.97 Å². The minimum atomic E-state index is -0.783. The topological polar surface area (TPSA) is 61.8 Å². The number of aliphatic carboxylic acids is 1. The van der Waals surface area contributed by atoms with E-state index in [2.05, 4.69) is 5.32 Å². The van der Waals surface area contributed by atoms with Gasteiger partial charge in [-0.05, 0) is 13.0 Å². The number of carboxylic acids is 1. The third-order valence-electron chi connectivity index (χ3n) is 3.66. The van der Waals surface area contributed by atoms with Gasteiger partial charge in [-0.3, -0.25) is 9.69 Å². The van der Waals surface area contributed by atoms with E-state index in [1.54, 1.807) is 7.11 Å². The molecular formula is C14H20N2O3. The highest BCUT2D eigenvalue weighted by Crippen LogP contribution is 2.30. The molecule has 104 valence electrons. The number of hydrogen-bond acceptors (Lipinski definition) is 4. The van der Waals surface area contributed by atoms with Crippen molar-refractivity contribution in [1.29, 1.82) is 0 Å². The number of nitrogens with one attached hydrogen (secondary N) is 1. The van der Waals surface area contributed by atoms with Crippen LogP contribution >= 0.6 is 0 Å². The first-order valence-corrected chi connectivity index (χ1v) is 6.47. The Balaban J connectivity index is 2.26. The molecule has 0 amide bonds. The second-order valence-electron chi connectivity index (χ2n) is 4.71. The lowest BCUT2D eigenvalue weighted by atomic mass is 10.0. The monoisotopic (exact) mass is 264 g/mol. The number of hydrogen-bond donors (Lipinski definition) is 2. The van der Waals surface area contributed by atoms with E-state index in [0.717, 1.165) is 24.4 Å². The molecule has 0 radical (unpaired) electrons. The molecule has 0 aromatic heterocycles. The van der Waals surface area contributed by atoms with E-state index in [-0.39, 0.29) is 6.04 Å². The van der Waals surface area contributed by atoms with Gasteiger partial charge < -0.3 is 15.2 Å². The molecule has 1 aliphatic heterocycles. The van der Waals surface area contributed by atoms with Crippen molar-refractivity contribution in [3.8, 4) is 5.75 Å². The first-order valence-electron chi connectivity index (χ1n) is 6.47. The standard InChI is InChI=1S/C14H20N2O3/c1-10(11-5-3-4-6-13(11)19-2)16-8-7-15-9-12(16)14(17)18/h3-6,10,12,15H,7-9H2,1-2H3,(H,17,18). The van der Waals surface area contributed by atoms with Crippen LogP contribution in [-0.2, 0) is 4.79 Å². The Kier molecular flexibility index (Phi) is 4.39. The molecule has 19 heavy (non-hydrogen) atoms. The Morgan fingerprint density at radius 1 is 1.53 bits per heavy atom. The van der Waals surface area contributed by atoms with Gasteiger partial charge in [0.2, 0.25) is 0 Å². The molecule has 5 heteroatoms. The maximum absolute atomic E-state index is 11.3. The van der Waals surface area contributed by atoms with Crippen LogP contribution in [0.5, 0.6) is 5.75 Å². The van der Waals surface area contributed by atoms with Crippen LogP contribution in [0, 0.1) is 0 Å². The second kappa shape index (κ2) is 6.04. The molecule has 1 aliphatic rings. The number of carbonyl (C=O) groups is 1. The van der Waals surface area contributed by atoms with Crippen molar-refractivity contribution in [2.45, 2.75) is 19.0 Å². The Labute approximate surface area is 113 Å². The van der Waals surface area contributed by atoms with Crippen LogP contribution in [0.2, 0.25) is 0 Å². The first kappa shape index (κ1) is 13.8. The quantitative estimate of drug-likeness (QED) is 0.853. The highest BCUT2D eigenvalue weighted by Gasteiger charge is 2.32. The zero-order chi connectivity index (χ0) is 13.8. The molecule has 2 rings (SSSR count). The van der Waals surface area contributed by atoms with Crippen LogP contribution in [0.25, 0.3) is 0 Å². The summed E-state index contributed by atoms with van der Waals surface area (Å²) in [5, 5.41) is 12.4. The molecule has 0 aliphatic carbocycles. The molecule has 2 N–H and O–H groups in total. The Hall–Kier alpha value is -1.59. The molecular weight excluding hydrogens is 244 g/mol. The maximum Gasteiger partial charge on any atom is 0.322 e. The number of ether oxygens (including phenoxy) is 1. The van der Waals surface area contributed by atoms with E-state index in [0.29, 0.717) is 6.54 Å². The zero-order valence-corrected chi connectivity index (χ0v) is 11.3. The summed E-state index contributed by atoms with van der Waals surface area (Å²) in [5.41, 5.74) is 1.03. The summed E-state index contributed by atoms with van der Waals surface area (Å²) in [4.78, 5) is 13.4. The molecule has 2 unspecified atom stereocenters. The van der Waals surface area contributed by atoms with Gasteiger partial charge in [-0.1, -0.05) is 18.2 Å². The predicted molar refractivity (Wildman–Crippen MR) is 72.4 cm³/mol. The van der Waals surface area contributed by atoms with E-state index in [1.165, 1.54) is 0 Å². The van der Waals surface area contributed by atoms with Gasteiger partial charge in [0.25, 0.3) is 0 Å². The number of methoxy groups -OCH3 is 1. The first-order chi connectivity index (χ1) is 9.15. The summed E-state index contributed by atoms with van der Waals surface area (Å²) < 4.78 is 5.36. The van der Waals surface area contributed by atoms with Crippen LogP contribution in [0.15, 0.2) is 24.3 Å². The molecule has 1 heterocycles. The summed E-state index contributed by atoms with van der Waals surface area (Å²) in [6.45, 7) is 4.04. The van der Waals surface area contributed by atoms with E-state index in [1.807, 2.05) is 36.1 Å². The number of nitrogens with zero attached hydrogens (tertiary/aromatic N) is 1. The fourth-order valence-electron chi connectivity index (χ4n) is 2.60. The number of carboxylic acid groups (broad SMARTS) is 1. The van der Waals surface area contributed by atoms with Crippen LogP contribution in [0.4, 0.5) is 0 Å². The normalized spacial score (nSPS) is 21.9. The third kappa shape index (κ3) is 2.88. The fourth-order valence-corrected chi connectivity index (χ4v) is 2.60. The number of benzene rings is 1. The SMILES string of the molecule is COc1ccccc1C(C)N1CCNCC1C(=O)O. The lowest BCUT2D eigenvalue weighted by Crippen LogP contribution is -2.55. The Morgan fingerprint density at radius 3 is 2.95 bits per heavy atom. The molecule has 1 aromatic rings. The molecule has 1 fully saturated rings. The average molecular weight is 264 g/mol. The average Bonchev–Trinajstić information content (AvgIpc) is 2.46. The van der Waals surface area contributed by atoms with Crippen molar-refractivity contribution in [3.05, 3.63) is 29.8 Å². The van der Waals surface area contributed by atoms with Crippen LogP contribution in [0.3, 0.4) is 0 Å². The van der Waals surface area contributed by atoms with Gasteiger partial charge in [0.05, 0.1) is 7.11 Å². The molecule has 0 saturated carbocycles. The van der Waals surface area contributed by atoms with E-state index in [9.17, 15) is 9.90 Å². The van der Waals surface area contributed by atoms with Crippen LogP contribution < -0.4 is 10.1 Å². The maximum atomic E-state index is 11.3. The van der Waals surface area contributed by atoms with Crippen molar-refractivity contribution in [2.24, 2.45) is 0 Å². The molecule has 0 bridgehead atoms. The van der Waals surface area contributed by atoms with Gasteiger partial charge in [-0.15, -0.1) is 0 Å². The minimum absolute atomic E-state index is 0.0133. The van der Waals surface area contributed by atoms with E-state index < -0.39 is 12.0 Å². The second-order valence-corrected chi connectivity index (χ2v) is 4.71. The molecule has 5 nitrogen and oxygen atoms in total. The number of piperazine rings is 1. The predicted octanol–water partition coefficient (Wildman–Crippen LogP) is 1.11. The zero-order valence-electron chi connectivity index (χ0n) is 11.3. The molecule has 2 atom stereocenters. The Morgan fingerprint density at radius 2 is 2.26 bits per heavy atom. The highest BCUT2D eigenvalue weighted by atomic mass is 16.5. The van der Waals surface area contributed by atoms with Crippen LogP contribution in [-0.4, -0.2) is 48.8 Å². The van der Waals surface area contributed by atoms with Crippen molar-refractivity contribution < 1.29 is 14.6 Å². The summed E-state index contributed by atoms with van der Waals surface area (Å²) in [6, 6.07) is 7.29. The van der Waals surface area contributed by atoms with E-state index >= 15 is 0 Å². The largest absolute Gasteiger partial charge is 0.496 e. The molecule has 1 saturated heterocycles. The smallest absolute Gasteiger partial charge is 0.322 e. The van der Waals surface area contributed by atoms with Crippen molar-refractivity contribution in [2.75, 3.05) is 26.7 Å². The molecule has 1 aromatic carbocycles. The van der Waals surface area contributed by atoms with Crippen LogP contribution in [0.1, 0.15) is 18.5 Å². The number of rotatable bonds is 4. The third-order valence-corrected chi connectivity index (χ3v) is 3.66. The summed E-state index contributed by atoms with van der Waals surface area (Å²) >= 11 is 0. The summed E-state index contributed by atoms with van der Waals surface area (Å²) in [6.07, 6.45) is 0. The van der Waals surface area contributed by atoms with Crippen molar-refractivity contribution >= 4 is 5.97 Å². The van der Waals surface area contributed by atoms with Gasteiger partial charge in [0.15, 0.2) is 0 Å². The van der Waals surface area contributed by atoms with Crippen molar-refractivity contribution in [3.63, 3.8) is 0 Å². The highest BCUT2D eigenvalue weighted by molar-refractivity contribution is 5.74. The van der Waals surface area contributed by atoms with Gasteiger partial charge in [-0.2, -0.15) is 0 Å². The summed E-state index contributed by atoms with van der Waals surface area (Å²) in [5.74, 6) is 0.0200. The number of para-hydroxylation sites is 1. The Bertz CT molecular complexity index is 450. The summed E-state index contributed by atoms with van der Waals surface area (Å²) in [7, 11) is 1.64. The molecule has 0 spiro atoms. The minimum Gasteiger partial charge on any atom is -0.496 e. The van der Waals surface area contributed by atoms with E-state index in [4.69, 9.17) is 4.74 Å². The van der Waals surface area contributed by atoms with Crippen molar-refractivity contribution in [1.82, 2.24) is 10.2 Å². The lowest BCUT2D eigenvalue weighted by molar-refractivity contribution is -0.145. The van der Waals surface area contributed by atoms with Gasteiger partial charge in [-0.25, -0.2) is 0 Å². The van der Waals surface area contributed by atoms with Gasteiger partial charge in [0.1, 0.15) is 11.8 Å². The van der Waals surface area contributed by atoms with Gasteiger partial charge in [0, 0.05) is 31.2 Å². The lowest BCUT2D eigenvalue weighted by Gasteiger charge is -2.38.